The first-order chi connectivity index (χ1) is 6.50. The fourth-order valence-corrected chi connectivity index (χ4v) is 1.09. The van der Waals surface area contributed by atoms with Crippen molar-refractivity contribution in [2.45, 2.75) is 33.7 Å². The fraction of sp³-hybridized carbons (Fsp3) is 0.778. The van der Waals surface area contributed by atoms with Crippen LogP contribution in [0.25, 0.3) is 0 Å². The second-order valence-electron chi connectivity index (χ2n) is 4.11. The molecule has 0 amide bonds. The molecule has 0 fully saturated rings. The van der Waals surface area contributed by atoms with Crippen molar-refractivity contribution >= 4 is 11.9 Å². The predicted molar refractivity (Wildman–Crippen MR) is 58.1 cm³/mol. The minimum atomic E-state index is 0.247. The number of nitrogen functional groups attached to an aromatic ring is 1. The van der Waals surface area contributed by atoms with Crippen molar-refractivity contribution in [3.8, 4) is 0 Å². The number of aromatic nitrogens is 3. The van der Waals surface area contributed by atoms with Gasteiger partial charge in [-0.2, -0.15) is 4.98 Å². The highest BCUT2D eigenvalue weighted by atomic mass is 15.4. The van der Waals surface area contributed by atoms with E-state index in [0.29, 0.717) is 17.8 Å². The molecular formula is C9H19N5. The zero-order chi connectivity index (χ0) is 10.7. The van der Waals surface area contributed by atoms with Crippen LogP contribution in [0.15, 0.2) is 0 Å². The third-order valence-corrected chi connectivity index (χ3v) is 1.82. The van der Waals surface area contributed by atoms with E-state index < -0.39 is 0 Å². The summed E-state index contributed by atoms with van der Waals surface area (Å²) in [4.78, 5) is 4.12. The minimum Gasteiger partial charge on any atom is -0.368 e. The first-order valence-electron chi connectivity index (χ1n) is 4.96. The summed E-state index contributed by atoms with van der Waals surface area (Å²) in [6.07, 6.45) is 0. The van der Waals surface area contributed by atoms with E-state index in [-0.39, 0.29) is 6.04 Å². The molecule has 1 aromatic heterocycles. The average Bonchev–Trinajstić information content (AvgIpc) is 2.43. The van der Waals surface area contributed by atoms with Gasteiger partial charge in [0.25, 0.3) is 0 Å². The zero-order valence-electron chi connectivity index (χ0n) is 9.28. The van der Waals surface area contributed by atoms with Crippen molar-refractivity contribution in [3.05, 3.63) is 0 Å². The third kappa shape index (κ3) is 2.61. The van der Waals surface area contributed by atoms with Crippen LogP contribution >= 0.6 is 0 Å². The molecule has 5 nitrogen and oxygen atoms in total. The Morgan fingerprint density at radius 2 is 2.00 bits per heavy atom. The predicted octanol–water partition coefficient (Wildman–Crippen LogP) is 1.51. The molecule has 3 N–H and O–H groups in total. The lowest BCUT2D eigenvalue weighted by atomic mass is 10.2. The molecule has 0 saturated heterocycles. The largest absolute Gasteiger partial charge is 0.368 e. The van der Waals surface area contributed by atoms with Gasteiger partial charge in [0.1, 0.15) is 0 Å². The summed E-state index contributed by atoms with van der Waals surface area (Å²) in [7, 11) is 0. The van der Waals surface area contributed by atoms with Crippen LogP contribution < -0.4 is 11.1 Å². The van der Waals surface area contributed by atoms with Crippen molar-refractivity contribution in [2.24, 2.45) is 5.92 Å². The quantitative estimate of drug-likeness (QED) is 0.767. The summed E-state index contributed by atoms with van der Waals surface area (Å²) in [5, 5.41) is 7.39. The summed E-state index contributed by atoms with van der Waals surface area (Å²) in [6, 6.07) is 0.247. The van der Waals surface area contributed by atoms with Gasteiger partial charge >= 0.3 is 0 Å². The number of nitrogens with two attached hydrogens (primary N) is 1. The van der Waals surface area contributed by atoms with Gasteiger partial charge in [-0.3, -0.25) is 0 Å². The molecule has 1 heterocycles. The molecule has 1 aromatic rings. The van der Waals surface area contributed by atoms with E-state index >= 15 is 0 Å². The highest BCUT2D eigenvalue weighted by Crippen LogP contribution is 2.11. The Morgan fingerprint density at radius 3 is 2.43 bits per heavy atom. The van der Waals surface area contributed by atoms with Crippen molar-refractivity contribution in [2.75, 3.05) is 17.6 Å². The smallest absolute Gasteiger partial charge is 0.243 e. The second-order valence-corrected chi connectivity index (χ2v) is 4.11. The van der Waals surface area contributed by atoms with E-state index in [1.807, 2.05) is 13.8 Å². The topological polar surface area (TPSA) is 68.8 Å². The van der Waals surface area contributed by atoms with Gasteiger partial charge < -0.3 is 11.1 Å². The Morgan fingerprint density at radius 1 is 1.36 bits per heavy atom. The molecule has 0 aliphatic carbocycles. The van der Waals surface area contributed by atoms with E-state index in [9.17, 15) is 0 Å². The molecule has 0 atom stereocenters. The lowest BCUT2D eigenvalue weighted by Gasteiger charge is -2.05. The SMILES string of the molecule is CC(C)CNc1nc(N)n(C(C)C)n1. The first kappa shape index (κ1) is 10.8. The van der Waals surface area contributed by atoms with E-state index in [4.69, 9.17) is 5.73 Å². The van der Waals surface area contributed by atoms with Gasteiger partial charge in [0.05, 0.1) is 6.04 Å². The molecule has 5 heteroatoms. The number of anilines is 2. The molecule has 0 bridgehead atoms. The minimum absolute atomic E-state index is 0.247. The fourth-order valence-electron chi connectivity index (χ4n) is 1.09. The number of hydrogen-bond donors (Lipinski definition) is 2. The van der Waals surface area contributed by atoms with Crippen molar-refractivity contribution in [1.29, 1.82) is 0 Å². The lowest BCUT2D eigenvalue weighted by Crippen LogP contribution is -2.10. The number of hydrogen-bond acceptors (Lipinski definition) is 4. The van der Waals surface area contributed by atoms with Crippen molar-refractivity contribution < 1.29 is 0 Å². The van der Waals surface area contributed by atoms with Gasteiger partial charge in [0.15, 0.2) is 0 Å². The Hall–Kier alpha value is -1.26. The Kier molecular flexibility index (Phi) is 3.33. The van der Waals surface area contributed by atoms with E-state index in [1.54, 1.807) is 4.68 Å². The number of nitrogens with zero attached hydrogens (tertiary/aromatic N) is 3. The summed E-state index contributed by atoms with van der Waals surface area (Å²) < 4.78 is 1.71. The molecule has 0 aliphatic heterocycles. The van der Waals surface area contributed by atoms with Crippen LogP contribution in [0, 0.1) is 5.92 Å². The van der Waals surface area contributed by atoms with Crippen LogP contribution in [0.3, 0.4) is 0 Å². The number of nitrogens with one attached hydrogen (secondary N) is 1. The highest BCUT2D eigenvalue weighted by molar-refractivity contribution is 5.31. The monoisotopic (exact) mass is 197 g/mol. The zero-order valence-corrected chi connectivity index (χ0v) is 9.28. The van der Waals surface area contributed by atoms with E-state index in [2.05, 4.69) is 29.2 Å². The van der Waals surface area contributed by atoms with Crippen LogP contribution in [0.4, 0.5) is 11.9 Å². The molecule has 0 unspecified atom stereocenters. The summed E-state index contributed by atoms with van der Waals surface area (Å²) >= 11 is 0. The molecule has 0 radical (unpaired) electrons. The molecule has 1 rings (SSSR count). The molecule has 0 saturated carbocycles. The molecule has 0 spiro atoms. The molecule has 0 aromatic carbocycles. The molecule has 14 heavy (non-hydrogen) atoms. The van der Waals surface area contributed by atoms with Gasteiger partial charge in [-0.15, -0.1) is 5.10 Å². The molecular weight excluding hydrogens is 178 g/mol. The van der Waals surface area contributed by atoms with E-state index in [1.165, 1.54) is 0 Å². The first-order valence-corrected chi connectivity index (χ1v) is 4.96. The summed E-state index contributed by atoms with van der Waals surface area (Å²) in [5.74, 6) is 1.65. The lowest BCUT2D eigenvalue weighted by molar-refractivity contribution is 0.540. The molecule has 80 valence electrons. The van der Waals surface area contributed by atoms with E-state index in [0.717, 1.165) is 6.54 Å². The maximum Gasteiger partial charge on any atom is 0.243 e. The van der Waals surface area contributed by atoms with Crippen LogP contribution in [-0.4, -0.2) is 21.3 Å². The summed E-state index contributed by atoms with van der Waals surface area (Å²) in [5.41, 5.74) is 5.70. The Bertz CT molecular complexity index is 289. The Labute approximate surface area is 84.7 Å². The van der Waals surface area contributed by atoms with Crippen molar-refractivity contribution in [3.63, 3.8) is 0 Å². The second kappa shape index (κ2) is 4.30. The van der Waals surface area contributed by atoms with Crippen LogP contribution in [0.5, 0.6) is 0 Å². The normalized spacial score (nSPS) is 11.3. The number of rotatable bonds is 4. The van der Waals surface area contributed by atoms with Gasteiger partial charge in [0, 0.05) is 6.54 Å². The maximum absolute atomic E-state index is 5.70. The van der Waals surface area contributed by atoms with Gasteiger partial charge in [-0.1, -0.05) is 13.8 Å². The standard InChI is InChI=1S/C9H19N5/c1-6(2)5-11-9-12-8(10)14(13-9)7(3)4/h6-7H,5H2,1-4H3,(H3,10,11,12,13). The Balaban J connectivity index is 2.66. The van der Waals surface area contributed by atoms with Crippen LogP contribution in [0.2, 0.25) is 0 Å². The van der Waals surface area contributed by atoms with Crippen molar-refractivity contribution in [1.82, 2.24) is 14.8 Å². The van der Waals surface area contributed by atoms with Crippen LogP contribution in [0.1, 0.15) is 33.7 Å². The highest BCUT2D eigenvalue weighted by Gasteiger charge is 2.08. The summed E-state index contributed by atoms with van der Waals surface area (Å²) in [6.45, 7) is 9.18. The van der Waals surface area contributed by atoms with Gasteiger partial charge in [0.2, 0.25) is 11.9 Å². The maximum atomic E-state index is 5.70. The van der Waals surface area contributed by atoms with Crippen LogP contribution in [-0.2, 0) is 0 Å². The third-order valence-electron chi connectivity index (χ3n) is 1.82. The molecule has 0 aliphatic rings. The average molecular weight is 197 g/mol. The van der Waals surface area contributed by atoms with Gasteiger partial charge in [-0.25, -0.2) is 4.68 Å². The van der Waals surface area contributed by atoms with Gasteiger partial charge in [-0.05, 0) is 19.8 Å².